The second kappa shape index (κ2) is 8.54. The average Bonchev–Trinajstić information content (AvgIpc) is 2.52. The summed E-state index contributed by atoms with van der Waals surface area (Å²) in [7, 11) is 0. The van der Waals surface area contributed by atoms with Crippen LogP contribution in [-0.4, -0.2) is 36.5 Å². The highest BCUT2D eigenvalue weighted by molar-refractivity contribution is 9.10. The van der Waals surface area contributed by atoms with Crippen LogP contribution < -0.4 is 5.32 Å². The highest BCUT2D eigenvalue weighted by Crippen LogP contribution is 2.19. The molecule has 1 aliphatic heterocycles. The fraction of sp³-hybridized carbons (Fsp3) is 0.588. The quantitative estimate of drug-likeness (QED) is 0.789. The van der Waals surface area contributed by atoms with E-state index in [4.69, 9.17) is 0 Å². The van der Waals surface area contributed by atoms with Crippen molar-refractivity contribution >= 4 is 21.8 Å². The van der Waals surface area contributed by atoms with Crippen LogP contribution in [0.15, 0.2) is 28.7 Å². The molecule has 0 unspecified atom stereocenters. The molecule has 1 aliphatic rings. The van der Waals surface area contributed by atoms with Crippen LogP contribution in [0, 0.1) is 0 Å². The minimum absolute atomic E-state index is 0.00756. The second-order valence-corrected chi connectivity index (χ2v) is 6.54. The van der Waals surface area contributed by atoms with Gasteiger partial charge < -0.3 is 10.2 Å². The fourth-order valence-electron chi connectivity index (χ4n) is 3.04. The van der Waals surface area contributed by atoms with Crippen LogP contribution in [0.3, 0.4) is 0 Å². The Labute approximate surface area is 136 Å². The minimum Gasteiger partial charge on any atom is -0.352 e. The van der Waals surface area contributed by atoms with Crippen LogP contribution in [0.2, 0.25) is 0 Å². The number of hydrogen-bond acceptors (Lipinski definition) is 2. The van der Waals surface area contributed by atoms with Gasteiger partial charge in [0.05, 0.1) is 5.56 Å². The molecule has 1 amide bonds. The highest BCUT2D eigenvalue weighted by atomic mass is 79.9. The zero-order valence-electron chi connectivity index (χ0n) is 12.8. The second-order valence-electron chi connectivity index (χ2n) is 5.68. The standard InChI is InChI=1S/C17H25BrN2O/c1-2-14-8-5-6-12-20(14)13-7-11-19-17(21)15-9-3-4-10-16(15)18/h3-4,9-10,14H,2,5-8,11-13H2,1H3,(H,19,21)/t14-/m1/s1. The Bertz CT molecular complexity index is 464. The van der Waals surface area contributed by atoms with Crippen molar-refractivity contribution in [2.75, 3.05) is 19.6 Å². The number of rotatable bonds is 6. The average molecular weight is 353 g/mol. The molecule has 1 aromatic rings. The monoisotopic (exact) mass is 352 g/mol. The van der Waals surface area contributed by atoms with E-state index in [0.29, 0.717) is 5.56 Å². The van der Waals surface area contributed by atoms with E-state index in [2.05, 4.69) is 33.1 Å². The van der Waals surface area contributed by atoms with Crippen LogP contribution in [0.5, 0.6) is 0 Å². The summed E-state index contributed by atoms with van der Waals surface area (Å²) in [5.41, 5.74) is 0.710. The SMILES string of the molecule is CC[C@@H]1CCCCN1CCCNC(=O)c1ccccc1Br. The largest absolute Gasteiger partial charge is 0.352 e. The Balaban J connectivity index is 1.72. The number of hydrogen-bond donors (Lipinski definition) is 1. The van der Waals surface area contributed by atoms with E-state index < -0.39 is 0 Å². The number of likely N-dealkylation sites (tertiary alicyclic amines) is 1. The lowest BCUT2D eigenvalue weighted by atomic mass is 10.00. The Hall–Kier alpha value is -0.870. The molecule has 1 aromatic carbocycles. The van der Waals surface area contributed by atoms with Crippen molar-refractivity contribution in [1.29, 1.82) is 0 Å². The molecule has 0 radical (unpaired) electrons. The maximum absolute atomic E-state index is 12.1. The number of piperidine rings is 1. The molecule has 2 rings (SSSR count). The van der Waals surface area contributed by atoms with Crippen molar-refractivity contribution in [1.82, 2.24) is 10.2 Å². The van der Waals surface area contributed by atoms with Gasteiger partial charge in [0.25, 0.3) is 5.91 Å². The van der Waals surface area contributed by atoms with Gasteiger partial charge in [-0.2, -0.15) is 0 Å². The Kier molecular flexibility index (Phi) is 6.71. The lowest BCUT2D eigenvalue weighted by molar-refractivity contribution is 0.0946. The lowest BCUT2D eigenvalue weighted by Gasteiger charge is -2.35. The molecular weight excluding hydrogens is 328 g/mol. The first kappa shape index (κ1) is 16.5. The summed E-state index contributed by atoms with van der Waals surface area (Å²) in [6.07, 6.45) is 6.28. The van der Waals surface area contributed by atoms with Gasteiger partial charge in [0, 0.05) is 23.6 Å². The van der Waals surface area contributed by atoms with Crippen LogP contribution in [0.25, 0.3) is 0 Å². The summed E-state index contributed by atoms with van der Waals surface area (Å²) in [5, 5.41) is 3.02. The van der Waals surface area contributed by atoms with Gasteiger partial charge in [0.1, 0.15) is 0 Å². The van der Waals surface area contributed by atoms with Gasteiger partial charge in [-0.05, 0) is 60.3 Å². The van der Waals surface area contributed by atoms with Gasteiger partial charge in [0.15, 0.2) is 0 Å². The zero-order valence-corrected chi connectivity index (χ0v) is 14.4. The summed E-state index contributed by atoms with van der Waals surface area (Å²) < 4.78 is 0.851. The first-order chi connectivity index (χ1) is 10.2. The first-order valence-electron chi connectivity index (χ1n) is 7.99. The predicted octanol–water partition coefficient (Wildman–Crippen LogP) is 3.83. The molecule has 1 saturated heterocycles. The topological polar surface area (TPSA) is 32.3 Å². The third-order valence-corrected chi connectivity index (χ3v) is 4.94. The Morgan fingerprint density at radius 3 is 2.95 bits per heavy atom. The van der Waals surface area contributed by atoms with Gasteiger partial charge >= 0.3 is 0 Å². The van der Waals surface area contributed by atoms with Crippen molar-refractivity contribution in [3.05, 3.63) is 34.3 Å². The molecule has 1 N–H and O–H groups in total. The Morgan fingerprint density at radius 1 is 1.38 bits per heavy atom. The number of amides is 1. The van der Waals surface area contributed by atoms with E-state index in [0.717, 1.165) is 30.0 Å². The van der Waals surface area contributed by atoms with Gasteiger partial charge in [-0.1, -0.05) is 25.5 Å². The summed E-state index contributed by atoms with van der Waals surface area (Å²) in [6.45, 7) is 5.33. The van der Waals surface area contributed by atoms with Crippen molar-refractivity contribution in [2.45, 2.75) is 45.1 Å². The van der Waals surface area contributed by atoms with Crippen LogP contribution >= 0.6 is 15.9 Å². The number of carbonyl (C=O) groups excluding carboxylic acids is 1. The molecule has 3 nitrogen and oxygen atoms in total. The molecule has 0 aromatic heterocycles. The molecule has 21 heavy (non-hydrogen) atoms. The molecule has 1 atom stereocenters. The minimum atomic E-state index is 0.00756. The van der Waals surface area contributed by atoms with E-state index in [1.54, 1.807) is 0 Å². The number of nitrogens with one attached hydrogen (secondary N) is 1. The smallest absolute Gasteiger partial charge is 0.252 e. The molecule has 1 heterocycles. The molecule has 0 aliphatic carbocycles. The third-order valence-electron chi connectivity index (χ3n) is 4.25. The van der Waals surface area contributed by atoms with Crippen LogP contribution in [-0.2, 0) is 0 Å². The first-order valence-corrected chi connectivity index (χ1v) is 8.78. The summed E-state index contributed by atoms with van der Waals surface area (Å²) in [4.78, 5) is 14.7. The van der Waals surface area contributed by atoms with E-state index in [1.165, 1.54) is 32.2 Å². The molecule has 0 bridgehead atoms. The van der Waals surface area contributed by atoms with E-state index in [9.17, 15) is 4.79 Å². The number of carbonyl (C=O) groups is 1. The lowest BCUT2D eigenvalue weighted by Crippen LogP contribution is -2.40. The van der Waals surface area contributed by atoms with Gasteiger partial charge in [-0.25, -0.2) is 0 Å². The van der Waals surface area contributed by atoms with Gasteiger partial charge in [0.2, 0.25) is 0 Å². The molecule has 0 spiro atoms. The van der Waals surface area contributed by atoms with Crippen LogP contribution in [0.4, 0.5) is 0 Å². The maximum Gasteiger partial charge on any atom is 0.252 e. The Morgan fingerprint density at radius 2 is 2.19 bits per heavy atom. The molecule has 0 saturated carbocycles. The molecule has 1 fully saturated rings. The molecule has 116 valence electrons. The van der Waals surface area contributed by atoms with Gasteiger partial charge in [-0.3, -0.25) is 4.79 Å². The highest BCUT2D eigenvalue weighted by Gasteiger charge is 2.19. The van der Waals surface area contributed by atoms with E-state index in [-0.39, 0.29) is 5.91 Å². The van der Waals surface area contributed by atoms with E-state index in [1.807, 2.05) is 24.3 Å². The third kappa shape index (κ3) is 4.82. The van der Waals surface area contributed by atoms with Crippen LogP contribution in [0.1, 0.15) is 49.4 Å². The molecular formula is C17H25BrN2O. The van der Waals surface area contributed by atoms with Crippen molar-refractivity contribution in [3.63, 3.8) is 0 Å². The number of halogens is 1. The van der Waals surface area contributed by atoms with Crippen molar-refractivity contribution in [2.24, 2.45) is 0 Å². The maximum atomic E-state index is 12.1. The van der Waals surface area contributed by atoms with E-state index >= 15 is 0 Å². The summed E-state index contributed by atoms with van der Waals surface area (Å²) >= 11 is 3.42. The zero-order chi connectivity index (χ0) is 15.1. The van der Waals surface area contributed by atoms with Gasteiger partial charge in [-0.15, -0.1) is 0 Å². The van der Waals surface area contributed by atoms with Crippen molar-refractivity contribution < 1.29 is 4.79 Å². The summed E-state index contributed by atoms with van der Waals surface area (Å²) in [5.74, 6) is 0.00756. The predicted molar refractivity (Wildman–Crippen MR) is 90.6 cm³/mol. The normalized spacial score (nSPS) is 19.4. The number of nitrogens with zero attached hydrogens (tertiary/aromatic N) is 1. The fourth-order valence-corrected chi connectivity index (χ4v) is 3.51. The van der Waals surface area contributed by atoms with Crippen molar-refractivity contribution in [3.8, 4) is 0 Å². The molecule has 4 heteroatoms. The summed E-state index contributed by atoms with van der Waals surface area (Å²) in [6, 6.07) is 8.30. The number of benzene rings is 1.